The van der Waals surface area contributed by atoms with Gasteiger partial charge in [0.05, 0.1) is 0 Å². The van der Waals surface area contributed by atoms with Crippen molar-refractivity contribution in [2.24, 2.45) is 0 Å². The first kappa shape index (κ1) is 13.1. The summed E-state index contributed by atoms with van der Waals surface area (Å²) in [7, 11) is -0.0467. The van der Waals surface area contributed by atoms with Crippen molar-refractivity contribution in [1.29, 1.82) is 0 Å². The highest BCUT2D eigenvalue weighted by molar-refractivity contribution is 7.36. The quantitative estimate of drug-likeness (QED) is 0.539. The van der Waals surface area contributed by atoms with E-state index in [9.17, 15) is 4.79 Å². The minimum absolute atomic E-state index is 0.0467. The number of carbonyl (C=O) groups excluding carboxylic acids is 1. The van der Waals surface area contributed by atoms with E-state index in [1.54, 1.807) is 0 Å². The minimum atomic E-state index is -0.221. The molecule has 0 amide bonds. The molecule has 1 unspecified atom stereocenters. The van der Waals surface area contributed by atoms with E-state index >= 15 is 0 Å². The number of hydrogen-bond acceptors (Lipinski definition) is 3. The van der Waals surface area contributed by atoms with Crippen molar-refractivity contribution < 1.29 is 9.53 Å². The van der Waals surface area contributed by atoms with Gasteiger partial charge >= 0.3 is 5.97 Å². The van der Waals surface area contributed by atoms with Crippen LogP contribution in [-0.2, 0) is 15.3 Å². The highest BCUT2D eigenvalue weighted by Gasteiger charge is 2.21. The maximum absolute atomic E-state index is 10.9. The number of fused-ring (bicyclic) bond motifs is 3. The van der Waals surface area contributed by atoms with E-state index in [1.807, 2.05) is 12.1 Å². The van der Waals surface area contributed by atoms with Gasteiger partial charge in [0.25, 0.3) is 0 Å². The normalized spacial score (nSPS) is 12.0. The largest absolute Gasteiger partial charge is 0.460 e. The van der Waals surface area contributed by atoms with Crippen LogP contribution in [0.2, 0.25) is 0 Å². The van der Waals surface area contributed by atoms with Crippen LogP contribution in [0.1, 0.15) is 11.9 Å². The second kappa shape index (κ2) is 5.21. The number of ether oxygens (including phenoxy) is 1. The predicted octanol–water partition coefficient (Wildman–Crippen LogP) is 4.01. The first-order valence-electron chi connectivity index (χ1n) is 6.58. The van der Waals surface area contributed by atoms with Gasteiger partial charge in [-0.05, 0) is 11.5 Å². The van der Waals surface area contributed by atoms with E-state index in [4.69, 9.17) is 9.72 Å². The first-order chi connectivity index (χ1) is 9.66. The fourth-order valence-electron chi connectivity index (χ4n) is 2.45. The molecule has 0 fully saturated rings. The molecule has 1 heterocycles. The number of carbonyl (C=O) groups is 1. The molecule has 20 heavy (non-hydrogen) atoms. The van der Waals surface area contributed by atoms with Crippen LogP contribution in [0.4, 0.5) is 0 Å². The Balaban J connectivity index is 2.07. The molecule has 3 nitrogen and oxygen atoms in total. The molecule has 1 atom stereocenters. The van der Waals surface area contributed by atoms with E-state index in [0.717, 1.165) is 16.3 Å². The molecule has 0 radical (unpaired) electrons. The second-order valence-electron chi connectivity index (χ2n) is 4.70. The monoisotopic (exact) mass is 286 g/mol. The lowest BCUT2D eigenvalue weighted by molar-refractivity contribution is -0.140. The van der Waals surface area contributed by atoms with Crippen LogP contribution in [0.5, 0.6) is 0 Å². The Morgan fingerprint density at radius 3 is 2.85 bits per heavy atom. The molecule has 0 spiro atoms. The highest BCUT2D eigenvalue weighted by atomic mass is 32.2. The van der Waals surface area contributed by atoms with E-state index < -0.39 is 0 Å². The Hall–Kier alpha value is -1.94. The third-order valence-electron chi connectivity index (χ3n) is 3.35. The van der Waals surface area contributed by atoms with E-state index in [-0.39, 0.29) is 16.4 Å². The summed E-state index contributed by atoms with van der Waals surface area (Å²) in [5.74, 6) is 0.599. The molecule has 0 saturated carbocycles. The van der Waals surface area contributed by atoms with Gasteiger partial charge in [-0.15, -0.1) is 0 Å². The number of esters is 1. The summed E-state index contributed by atoms with van der Waals surface area (Å²) in [6, 6.07) is 12.6. The fraction of sp³-hybridized carbons (Fsp3) is 0.250. The van der Waals surface area contributed by atoms with Gasteiger partial charge in [-0.25, -0.2) is 0 Å². The van der Waals surface area contributed by atoms with Crippen molar-refractivity contribution in [3.63, 3.8) is 0 Å². The number of hydrogen-bond donors (Lipinski definition) is 0. The number of benzene rings is 2. The standard InChI is InChI=1S/C16H16NO2S/c1-11-17-16-14-6-4-3-5-13(14)7-8-15(16)20(11)10-9-19-12(2)18/h3-8H,9-10H2,1-2H3/q+1. The summed E-state index contributed by atoms with van der Waals surface area (Å²) in [6.45, 7) is 3.96. The second-order valence-corrected chi connectivity index (χ2v) is 6.92. The van der Waals surface area contributed by atoms with E-state index in [1.165, 1.54) is 22.4 Å². The summed E-state index contributed by atoms with van der Waals surface area (Å²) in [5, 5.41) is 3.54. The molecule has 0 saturated heterocycles. The Morgan fingerprint density at radius 1 is 1.25 bits per heavy atom. The molecule has 3 aromatic rings. The molecule has 0 aliphatic rings. The lowest BCUT2D eigenvalue weighted by Crippen LogP contribution is -2.00. The van der Waals surface area contributed by atoms with Crippen LogP contribution >= 0.6 is 10.5 Å². The Bertz CT molecular complexity index is 792. The molecule has 3 rings (SSSR count). The lowest BCUT2D eigenvalue weighted by Gasteiger charge is -1.97. The topological polar surface area (TPSA) is 39.2 Å². The summed E-state index contributed by atoms with van der Waals surface area (Å²) in [5.41, 5.74) is 1.09. The maximum atomic E-state index is 10.9. The molecule has 102 valence electrons. The van der Waals surface area contributed by atoms with E-state index in [0.29, 0.717) is 6.61 Å². The van der Waals surface area contributed by atoms with Gasteiger partial charge in [-0.2, -0.15) is 4.98 Å². The molecule has 0 N–H and O–H groups in total. The zero-order chi connectivity index (χ0) is 14.1. The zero-order valence-electron chi connectivity index (χ0n) is 11.6. The summed E-state index contributed by atoms with van der Waals surface area (Å²) in [6.07, 6.45) is 0. The lowest BCUT2D eigenvalue weighted by atomic mass is 10.1. The summed E-state index contributed by atoms with van der Waals surface area (Å²) < 4.78 is 6.34. The summed E-state index contributed by atoms with van der Waals surface area (Å²) >= 11 is 0. The fourth-order valence-corrected chi connectivity index (χ4v) is 4.35. The van der Waals surface area contributed by atoms with Crippen LogP contribution in [-0.4, -0.2) is 17.6 Å². The van der Waals surface area contributed by atoms with Crippen molar-refractivity contribution in [2.45, 2.75) is 19.6 Å². The average molecular weight is 286 g/mol. The van der Waals surface area contributed by atoms with Crippen LogP contribution < -0.4 is 0 Å². The molecule has 0 bridgehead atoms. The molecule has 1 aromatic heterocycles. The van der Waals surface area contributed by atoms with Crippen molar-refractivity contribution in [3.05, 3.63) is 41.4 Å². The molecular formula is C16H16NO2S+. The van der Waals surface area contributed by atoms with Gasteiger partial charge in [-0.3, -0.25) is 4.79 Å². The van der Waals surface area contributed by atoms with Gasteiger partial charge < -0.3 is 4.74 Å². The third-order valence-corrected chi connectivity index (χ3v) is 5.59. The van der Waals surface area contributed by atoms with Crippen LogP contribution in [0, 0.1) is 6.92 Å². The number of aryl methyl sites for hydroxylation is 1. The van der Waals surface area contributed by atoms with Gasteiger partial charge in [-0.1, -0.05) is 24.3 Å². The molecule has 4 heteroatoms. The predicted molar refractivity (Wildman–Crippen MR) is 83.1 cm³/mol. The Kier molecular flexibility index (Phi) is 3.40. The van der Waals surface area contributed by atoms with Crippen LogP contribution in [0.3, 0.4) is 0 Å². The number of thiazole rings is 1. The van der Waals surface area contributed by atoms with Crippen molar-refractivity contribution in [2.75, 3.05) is 6.61 Å². The molecule has 2 aromatic carbocycles. The van der Waals surface area contributed by atoms with Crippen molar-refractivity contribution >= 4 is 37.4 Å². The highest BCUT2D eigenvalue weighted by Crippen LogP contribution is 2.37. The van der Waals surface area contributed by atoms with Gasteiger partial charge in [0.2, 0.25) is 9.71 Å². The zero-order valence-corrected chi connectivity index (χ0v) is 12.4. The van der Waals surface area contributed by atoms with Crippen molar-refractivity contribution in [3.8, 4) is 0 Å². The first-order valence-corrected chi connectivity index (χ1v) is 7.97. The van der Waals surface area contributed by atoms with Crippen molar-refractivity contribution in [1.82, 2.24) is 4.98 Å². The van der Waals surface area contributed by atoms with Gasteiger partial charge in [0, 0.05) is 35.8 Å². The number of rotatable bonds is 3. The minimum Gasteiger partial charge on any atom is -0.460 e. The summed E-state index contributed by atoms with van der Waals surface area (Å²) in [4.78, 5) is 15.6. The number of nitrogens with zero attached hydrogens (tertiary/aromatic N) is 1. The third kappa shape index (κ3) is 2.27. The molecular weight excluding hydrogens is 270 g/mol. The Morgan fingerprint density at radius 2 is 2.05 bits per heavy atom. The van der Waals surface area contributed by atoms with E-state index in [2.05, 4.69) is 31.2 Å². The van der Waals surface area contributed by atoms with Crippen LogP contribution in [0.25, 0.3) is 21.0 Å². The maximum Gasteiger partial charge on any atom is 0.302 e. The van der Waals surface area contributed by atoms with Gasteiger partial charge in [0.15, 0.2) is 5.75 Å². The smallest absolute Gasteiger partial charge is 0.302 e. The average Bonchev–Trinajstić information content (AvgIpc) is 2.75. The van der Waals surface area contributed by atoms with Crippen LogP contribution in [0.15, 0.2) is 36.4 Å². The van der Waals surface area contributed by atoms with Gasteiger partial charge in [0.1, 0.15) is 12.1 Å². The molecule has 0 aliphatic carbocycles. The SMILES string of the molecule is CC(=O)OCC[s+]1c(C)nc2c3ccccc3ccc21. The Labute approximate surface area is 120 Å². The molecule has 0 aliphatic heterocycles. The number of aromatic nitrogens is 1.